The number of terminal acetylenes is 1. The molecule has 2 nitrogen and oxygen atoms in total. The maximum atomic E-state index is 5.82. The Morgan fingerprint density at radius 2 is 2.50 bits per heavy atom. The van der Waals surface area contributed by atoms with Crippen LogP contribution in [0.2, 0.25) is 0 Å². The van der Waals surface area contributed by atoms with Crippen molar-refractivity contribution >= 4 is 0 Å². The molecule has 2 atom stereocenters. The Hall–Kier alpha value is -0.520. The van der Waals surface area contributed by atoms with E-state index in [1.54, 1.807) is 0 Å². The quantitative estimate of drug-likeness (QED) is 0.625. The molecular formula is C10H18N2. The number of nitrogens with zero attached hydrogens (tertiary/aromatic N) is 1. The van der Waals surface area contributed by atoms with Gasteiger partial charge < -0.3 is 10.6 Å². The van der Waals surface area contributed by atoms with Crippen LogP contribution in [0.4, 0.5) is 0 Å². The molecule has 2 N–H and O–H groups in total. The minimum Gasteiger partial charge on any atom is -0.328 e. The van der Waals surface area contributed by atoms with Crippen LogP contribution in [0.15, 0.2) is 0 Å². The molecular weight excluding hydrogens is 148 g/mol. The van der Waals surface area contributed by atoms with E-state index in [0.717, 1.165) is 19.5 Å². The summed E-state index contributed by atoms with van der Waals surface area (Å²) >= 11 is 0. The van der Waals surface area contributed by atoms with Crippen LogP contribution in [0.3, 0.4) is 0 Å². The van der Waals surface area contributed by atoms with E-state index in [0.29, 0.717) is 12.0 Å². The maximum absolute atomic E-state index is 5.82. The third kappa shape index (κ3) is 2.51. The summed E-state index contributed by atoms with van der Waals surface area (Å²) in [4.78, 5) is 2.41. The number of nitrogens with two attached hydrogens (primary N) is 1. The predicted molar refractivity (Wildman–Crippen MR) is 51.6 cm³/mol. The minimum absolute atomic E-state index is 0.334. The number of rotatable bonds is 3. The molecule has 1 saturated heterocycles. The lowest BCUT2D eigenvalue weighted by molar-refractivity contribution is 0.323. The van der Waals surface area contributed by atoms with E-state index in [4.69, 9.17) is 12.2 Å². The fraction of sp³-hybridized carbons (Fsp3) is 0.800. The van der Waals surface area contributed by atoms with Gasteiger partial charge in [0, 0.05) is 25.6 Å². The Labute approximate surface area is 75.1 Å². The molecule has 1 heterocycles. The van der Waals surface area contributed by atoms with Crippen molar-refractivity contribution in [1.82, 2.24) is 4.90 Å². The highest BCUT2D eigenvalue weighted by atomic mass is 15.1. The molecule has 0 aliphatic carbocycles. The van der Waals surface area contributed by atoms with E-state index in [1.807, 2.05) is 0 Å². The number of hydrogen-bond donors (Lipinski definition) is 1. The van der Waals surface area contributed by atoms with Crippen LogP contribution in [0.5, 0.6) is 0 Å². The zero-order valence-electron chi connectivity index (χ0n) is 7.79. The summed E-state index contributed by atoms with van der Waals surface area (Å²) in [7, 11) is 0. The predicted octanol–water partition coefficient (Wildman–Crippen LogP) is 0.679. The molecule has 0 amide bonds. The fourth-order valence-corrected chi connectivity index (χ4v) is 1.72. The second kappa shape index (κ2) is 4.49. The third-order valence-corrected chi connectivity index (χ3v) is 2.62. The third-order valence-electron chi connectivity index (χ3n) is 2.62. The Bertz CT molecular complexity index is 169. The molecule has 0 radical (unpaired) electrons. The van der Waals surface area contributed by atoms with Crippen LogP contribution in [0, 0.1) is 18.3 Å². The summed E-state index contributed by atoms with van der Waals surface area (Å²) in [5.41, 5.74) is 5.82. The summed E-state index contributed by atoms with van der Waals surface area (Å²) in [6.45, 7) is 5.45. The molecule has 2 heteroatoms. The highest BCUT2D eigenvalue weighted by Crippen LogP contribution is 2.18. The Kier molecular flexibility index (Phi) is 3.58. The summed E-state index contributed by atoms with van der Waals surface area (Å²) < 4.78 is 0. The molecule has 0 aromatic carbocycles. The second-order valence-corrected chi connectivity index (χ2v) is 3.66. The summed E-state index contributed by atoms with van der Waals surface area (Å²) in [5, 5.41) is 0. The lowest BCUT2D eigenvalue weighted by Crippen LogP contribution is -2.30. The fourth-order valence-electron chi connectivity index (χ4n) is 1.72. The Morgan fingerprint density at radius 1 is 1.75 bits per heavy atom. The second-order valence-electron chi connectivity index (χ2n) is 3.66. The molecule has 1 aliphatic rings. The molecule has 1 rings (SSSR count). The Morgan fingerprint density at radius 3 is 3.00 bits per heavy atom. The van der Waals surface area contributed by atoms with Crippen molar-refractivity contribution in [3.8, 4) is 12.3 Å². The van der Waals surface area contributed by atoms with Gasteiger partial charge in [-0.15, -0.1) is 12.3 Å². The first-order valence-electron chi connectivity index (χ1n) is 4.65. The van der Waals surface area contributed by atoms with E-state index in [9.17, 15) is 0 Å². The average Bonchev–Trinajstić information content (AvgIpc) is 2.48. The van der Waals surface area contributed by atoms with Crippen LogP contribution < -0.4 is 5.73 Å². The van der Waals surface area contributed by atoms with Crippen LogP contribution in [-0.4, -0.2) is 30.6 Å². The lowest BCUT2D eigenvalue weighted by atomic mass is 10.0. The van der Waals surface area contributed by atoms with Gasteiger partial charge in [-0.2, -0.15) is 0 Å². The van der Waals surface area contributed by atoms with Crippen molar-refractivity contribution in [2.45, 2.75) is 25.8 Å². The summed E-state index contributed by atoms with van der Waals surface area (Å²) in [6.07, 6.45) is 7.30. The molecule has 0 bridgehead atoms. The topological polar surface area (TPSA) is 29.3 Å². The molecule has 2 unspecified atom stereocenters. The lowest BCUT2D eigenvalue weighted by Gasteiger charge is -2.16. The van der Waals surface area contributed by atoms with Crippen LogP contribution in [0.1, 0.15) is 19.8 Å². The maximum Gasteiger partial charge on any atom is 0.0214 e. The highest BCUT2D eigenvalue weighted by molar-refractivity contribution is 4.87. The zero-order valence-corrected chi connectivity index (χ0v) is 7.79. The molecule has 0 saturated carbocycles. The van der Waals surface area contributed by atoms with Gasteiger partial charge in [-0.1, -0.05) is 0 Å². The summed E-state index contributed by atoms with van der Waals surface area (Å²) in [5.74, 6) is 3.35. The number of hydrogen-bond acceptors (Lipinski definition) is 2. The van der Waals surface area contributed by atoms with Gasteiger partial charge in [0.2, 0.25) is 0 Å². The number of likely N-dealkylation sites (tertiary alicyclic amines) is 1. The van der Waals surface area contributed by atoms with Crippen LogP contribution in [-0.2, 0) is 0 Å². The van der Waals surface area contributed by atoms with Crippen LogP contribution >= 0.6 is 0 Å². The van der Waals surface area contributed by atoms with Gasteiger partial charge in [-0.25, -0.2) is 0 Å². The first-order valence-corrected chi connectivity index (χ1v) is 4.65. The minimum atomic E-state index is 0.334. The normalized spacial score (nSPS) is 26.9. The molecule has 68 valence electrons. The monoisotopic (exact) mass is 166 g/mol. The molecule has 1 fully saturated rings. The molecule has 12 heavy (non-hydrogen) atoms. The van der Waals surface area contributed by atoms with E-state index in [1.165, 1.54) is 13.0 Å². The zero-order chi connectivity index (χ0) is 8.97. The first-order chi connectivity index (χ1) is 5.74. The molecule has 1 aliphatic heterocycles. The van der Waals surface area contributed by atoms with Gasteiger partial charge in [0.05, 0.1) is 0 Å². The van der Waals surface area contributed by atoms with Gasteiger partial charge >= 0.3 is 0 Å². The van der Waals surface area contributed by atoms with E-state index < -0.39 is 0 Å². The van der Waals surface area contributed by atoms with Crippen molar-refractivity contribution in [2.75, 3.05) is 19.6 Å². The van der Waals surface area contributed by atoms with Crippen molar-refractivity contribution in [3.05, 3.63) is 0 Å². The van der Waals surface area contributed by atoms with Gasteiger partial charge in [0.15, 0.2) is 0 Å². The standard InChI is InChI=1S/C10H18N2/c1-3-4-6-12-7-5-10(8-12)9(2)11/h1,9-10H,4-8,11H2,2H3. The van der Waals surface area contributed by atoms with E-state index >= 15 is 0 Å². The molecule has 0 aromatic rings. The van der Waals surface area contributed by atoms with Crippen molar-refractivity contribution in [1.29, 1.82) is 0 Å². The largest absolute Gasteiger partial charge is 0.328 e. The van der Waals surface area contributed by atoms with Crippen molar-refractivity contribution < 1.29 is 0 Å². The molecule has 0 spiro atoms. The van der Waals surface area contributed by atoms with E-state index in [2.05, 4.69) is 17.7 Å². The van der Waals surface area contributed by atoms with Crippen molar-refractivity contribution in [3.63, 3.8) is 0 Å². The SMILES string of the molecule is C#CCCN1CCC(C(C)N)C1. The Balaban J connectivity index is 2.22. The first kappa shape index (κ1) is 9.57. The highest BCUT2D eigenvalue weighted by Gasteiger charge is 2.24. The smallest absolute Gasteiger partial charge is 0.0214 e. The van der Waals surface area contributed by atoms with Gasteiger partial charge in [-0.05, 0) is 25.8 Å². The van der Waals surface area contributed by atoms with E-state index in [-0.39, 0.29) is 0 Å². The van der Waals surface area contributed by atoms with Crippen LogP contribution in [0.25, 0.3) is 0 Å². The van der Waals surface area contributed by atoms with Gasteiger partial charge in [0.1, 0.15) is 0 Å². The van der Waals surface area contributed by atoms with Crippen molar-refractivity contribution in [2.24, 2.45) is 11.7 Å². The van der Waals surface area contributed by atoms with Gasteiger partial charge in [-0.3, -0.25) is 0 Å². The average molecular weight is 166 g/mol. The van der Waals surface area contributed by atoms with Gasteiger partial charge in [0.25, 0.3) is 0 Å². The molecule has 0 aromatic heterocycles. The summed E-state index contributed by atoms with van der Waals surface area (Å²) in [6, 6.07) is 0.334.